The van der Waals surface area contributed by atoms with Crippen LogP contribution in [-0.4, -0.2) is 58.3 Å². The van der Waals surface area contributed by atoms with Crippen LogP contribution in [0.4, 0.5) is 23.8 Å². The highest BCUT2D eigenvalue weighted by Gasteiger charge is 2.54. The molecule has 0 unspecified atom stereocenters. The van der Waals surface area contributed by atoms with Gasteiger partial charge in [-0.2, -0.15) is 13.2 Å². The molecule has 202 valence electrons. The number of alkyl halides is 3. The fraction of sp³-hybridized carbons (Fsp3) is 0.478. The molecule has 3 atom stereocenters. The van der Waals surface area contributed by atoms with Gasteiger partial charge in [0.25, 0.3) is 5.91 Å². The van der Waals surface area contributed by atoms with Crippen molar-refractivity contribution in [3.05, 3.63) is 46.3 Å². The van der Waals surface area contributed by atoms with E-state index in [9.17, 15) is 27.9 Å². The number of anilines is 1. The predicted octanol–water partition coefficient (Wildman–Crippen LogP) is 3.95. The number of hydrogen-bond acceptors (Lipinski definition) is 8. The van der Waals surface area contributed by atoms with Crippen LogP contribution in [0.3, 0.4) is 0 Å². The Morgan fingerprint density at radius 2 is 1.95 bits per heavy atom. The highest BCUT2D eigenvalue weighted by Crippen LogP contribution is 2.43. The third-order valence-electron chi connectivity index (χ3n) is 5.41. The number of aliphatic hydroxyl groups is 1. The molecule has 1 saturated heterocycles. The molecule has 1 aromatic carbocycles. The quantitative estimate of drug-likeness (QED) is 0.406. The van der Waals surface area contributed by atoms with Crippen molar-refractivity contribution in [2.45, 2.75) is 50.6 Å². The van der Waals surface area contributed by atoms with Crippen molar-refractivity contribution in [3.63, 3.8) is 0 Å². The first kappa shape index (κ1) is 28.8. The first-order chi connectivity index (χ1) is 17.2. The minimum atomic E-state index is -4.64. The lowest BCUT2D eigenvalue weighted by Crippen LogP contribution is -2.62. The van der Waals surface area contributed by atoms with E-state index in [0.29, 0.717) is 5.56 Å². The van der Waals surface area contributed by atoms with Gasteiger partial charge in [0.15, 0.2) is 11.2 Å². The van der Waals surface area contributed by atoms with Crippen molar-refractivity contribution in [2.75, 3.05) is 18.5 Å². The Kier molecular flexibility index (Phi) is 8.78. The number of nitrogens with one attached hydrogen (secondary N) is 3. The fourth-order valence-corrected chi connectivity index (χ4v) is 4.95. The number of rotatable bonds is 5. The van der Waals surface area contributed by atoms with Gasteiger partial charge in [0.2, 0.25) is 0 Å². The van der Waals surface area contributed by atoms with Crippen molar-refractivity contribution in [1.29, 1.82) is 0 Å². The molecule has 0 bridgehead atoms. The second-order valence-electron chi connectivity index (χ2n) is 9.37. The molecule has 9 nitrogen and oxygen atoms in total. The monoisotopic (exact) mass is 560 g/mol. The van der Waals surface area contributed by atoms with E-state index in [1.54, 1.807) is 51.1 Å². The van der Waals surface area contributed by atoms with Gasteiger partial charge >= 0.3 is 12.3 Å². The molecule has 0 saturated carbocycles. The summed E-state index contributed by atoms with van der Waals surface area (Å²) in [5, 5.41) is 19.4. The average molecular weight is 561 g/mol. The number of nitrogens with zero attached hydrogens (tertiary/aromatic N) is 1. The van der Waals surface area contributed by atoms with Crippen molar-refractivity contribution in [3.8, 4) is 0 Å². The highest BCUT2D eigenvalue weighted by atomic mass is 32.1. The van der Waals surface area contributed by atoms with Gasteiger partial charge in [0.1, 0.15) is 22.0 Å². The molecule has 1 aliphatic rings. The molecule has 1 aliphatic heterocycles. The van der Waals surface area contributed by atoms with Crippen LogP contribution in [0, 0.1) is 5.92 Å². The Bertz CT molecular complexity index is 1120. The summed E-state index contributed by atoms with van der Waals surface area (Å²) in [5.41, 5.74) is -1.98. The maximum atomic E-state index is 13.4. The second kappa shape index (κ2) is 11.3. The van der Waals surface area contributed by atoms with E-state index in [-0.39, 0.29) is 15.9 Å². The lowest BCUT2D eigenvalue weighted by Gasteiger charge is -2.45. The fourth-order valence-electron chi connectivity index (χ4n) is 3.71. The van der Waals surface area contributed by atoms with Gasteiger partial charge in [0, 0.05) is 23.5 Å². The SMILES string of the molecule is CC(C)(C)OC(=O)Nc1csc([C@]2(NC(=S)NC(=O)c3ccccc3)CO[C@@H](C(F)(F)F)C[C@H]2CO)n1. The third kappa shape index (κ3) is 7.37. The van der Waals surface area contributed by atoms with Crippen LogP contribution in [0.1, 0.15) is 42.6 Å². The number of benzene rings is 1. The van der Waals surface area contributed by atoms with Gasteiger partial charge in [-0.05, 0) is 51.5 Å². The molecular weight excluding hydrogens is 533 g/mol. The van der Waals surface area contributed by atoms with Gasteiger partial charge in [-0.3, -0.25) is 15.4 Å². The van der Waals surface area contributed by atoms with Crippen LogP contribution < -0.4 is 16.0 Å². The lowest BCUT2D eigenvalue weighted by molar-refractivity contribution is -0.249. The van der Waals surface area contributed by atoms with E-state index >= 15 is 0 Å². The zero-order valence-electron chi connectivity index (χ0n) is 20.2. The number of aromatic nitrogens is 1. The van der Waals surface area contributed by atoms with Gasteiger partial charge in [0.05, 0.1) is 6.61 Å². The zero-order valence-corrected chi connectivity index (χ0v) is 21.9. The molecule has 0 aliphatic carbocycles. The topological polar surface area (TPSA) is 122 Å². The maximum absolute atomic E-state index is 13.4. The van der Waals surface area contributed by atoms with Gasteiger partial charge in [-0.25, -0.2) is 9.78 Å². The van der Waals surface area contributed by atoms with Crippen molar-refractivity contribution >= 4 is 46.5 Å². The standard InChI is InChI=1S/C23H27F3N4O5S2/c1-21(2,3)35-20(33)28-16-11-37-18(27-16)22(12-34-15(23(24,25)26)9-14(22)10-31)30-19(36)29-17(32)13-7-5-4-6-8-13/h4-8,11,14-15,31H,9-10,12H2,1-3H3,(H,28,33)(H2,29,30,32,36)/t14-,15+,22-/m0/s1. The van der Waals surface area contributed by atoms with E-state index in [2.05, 4.69) is 20.9 Å². The van der Waals surface area contributed by atoms with Gasteiger partial charge in [-0.15, -0.1) is 11.3 Å². The van der Waals surface area contributed by atoms with Crippen LogP contribution in [0.15, 0.2) is 35.7 Å². The van der Waals surface area contributed by atoms with Crippen LogP contribution in [-0.2, 0) is 15.0 Å². The van der Waals surface area contributed by atoms with E-state index < -0.39 is 61.0 Å². The minimum Gasteiger partial charge on any atom is -0.444 e. The van der Waals surface area contributed by atoms with Crippen LogP contribution >= 0.6 is 23.6 Å². The number of aliphatic hydroxyl groups excluding tert-OH is 1. The summed E-state index contributed by atoms with van der Waals surface area (Å²) in [4.78, 5) is 29.1. The number of thiazole rings is 1. The number of thiocarbonyl (C=S) groups is 1. The molecule has 4 N–H and O–H groups in total. The number of carbonyl (C=O) groups is 2. The second-order valence-corrected chi connectivity index (χ2v) is 10.6. The molecule has 2 heterocycles. The van der Waals surface area contributed by atoms with E-state index in [4.69, 9.17) is 21.7 Å². The smallest absolute Gasteiger partial charge is 0.414 e. The lowest BCUT2D eigenvalue weighted by atomic mass is 9.79. The van der Waals surface area contributed by atoms with Crippen molar-refractivity contribution in [1.82, 2.24) is 15.6 Å². The molecule has 0 spiro atoms. The molecule has 0 radical (unpaired) electrons. The normalized spacial score (nSPS) is 22.1. The third-order valence-corrected chi connectivity index (χ3v) is 6.63. The van der Waals surface area contributed by atoms with Crippen LogP contribution in [0.25, 0.3) is 0 Å². The first-order valence-electron chi connectivity index (χ1n) is 11.2. The number of amides is 2. The number of hydrogen-bond donors (Lipinski definition) is 4. The number of ether oxygens (including phenoxy) is 2. The Morgan fingerprint density at radius 3 is 2.54 bits per heavy atom. The Hall–Kier alpha value is -2.81. The van der Waals surface area contributed by atoms with E-state index in [1.165, 1.54) is 5.38 Å². The van der Waals surface area contributed by atoms with Crippen LogP contribution in [0.2, 0.25) is 0 Å². The average Bonchev–Trinajstić information content (AvgIpc) is 3.26. The zero-order chi connectivity index (χ0) is 27.4. The van der Waals surface area contributed by atoms with Gasteiger partial charge < -0.3 is 19.9 Å². The molecule has 2 aromatic rings. The minimum absolute atomic E-state index is 0.0873. The highest BCUT2D eigenvalue weighted by molar-refractivity contribution is 7.80. The Labute approximate surface area is 220 Å². The molecule has 1 aromatic heterocycles. The Morgan fingerprint density at radius 1 is 1.27 bits per heavy atom. The summed E-state index contributed by atoms with van der Waals surface area (Å²) in [7, 11) is 0. The molecule has 37 heavy (non-hydrogen) atoms. The largest absolute Gasteiger partial charge is 0.444 e. The first-order valence-corrected chi connectivity index (χ1v) is 12.5. The van der Waals surface area contributed by atoms with E-state index in [1.807, 2.05) is 0 Å². The summed E-state index contributed by atoms with van der Waals surface area (Å²) in [5.74, 6) is -1.51. The van der Waals surface area contributed by atoms with Crippen molar-refractivity contribution in [2.24, 2.45) is 5.92 Å². The summed E-state index contributed by atoms with van der Waals surface area (Å²) < 4.78 is 50.7. The molecular formula is C23H27F3N4O5S2. The molecule has 1 fully saturated rings. The molecule has 3 rings (SSSR count). The van der Waals surface area contributed by atoms with Crippen molar-refractivity contribution < 1.29 is 37.3 Å². The number of halogens is 3. The summed E-state index contributed by atoms with van der Waals surface area (Å²) in [6, 6.07) is 8.19. The number of carbonyl (C=O) groups excluding carboxylic acids is 2. The van der Waals surface area contributed by atoms with Crippen LogP contribution in [0.5, 0.6) is 0 Å². The summed E-state index contributed by atoms with van der Waals surface area (Å²) >= 11 is 6.32. The summed E-state index contributed by atoms with van der Waals surface area (Å²) in [6.07, 6.45) is -8.11. The van der Waals surface area contributed by atoms with E-state index in [0.717, 1.165) is 11.3 Å². The predicted molar refractivity (Wildman–Crippen MR) is 134 cm³/mol. The molecule has 2 amide bonds. The molecule has 14 heteroatoms. The maximum Gasteiger partial charge on any atom is 0.414 e. The summed E-state index contributed by atoms with van der Waals surface area (Å²) in [6.45, 7) is 3.83. The Balaban J connectivity index is 1.88. The van der Waals surface area contributed by atoms with Gasteiger partial charge in [-0.1, -0.05) is 18.2 Å².